The fraction of sp³-hybridized carbons (Fsp3) is 1.00. The zero-order chi connectivity index (χ0) is 19.9. The molecule has 0 unspecified atom stereocenters. The van der Waals surface area contributed by atoms with Crippen LogP contribution in [0.2, 0.25) is 0 Å². The molecule has 3 rings (SSSR count). The number of piperazine rings is 1. The second-order valence-electron chi connectivity index (χ2n) is 9.92. The van der Waals surface area contributed by atoms with Crippen LogP contribution in [-0.2, 0) is 0 Å². The lowest BCUT2D eigenvalue weighted by Crippen LogP contribution is -2.52. The molecule has 0 radical (unpaired) electrons. The Hall–Kier alpha value is -0.240. The van der Waals surface area contributed by atoms with Gasteiger partial charge < -0.3 is 20.0 Å². The van der Waals surface area contributed by atoms with Crippen molar-refractivity contribution in [1.82, 2.24) is 19.6 Å². The lowest BCUT2D eigenvalue weighted by Gasteiger charge is -2.38. The molecule has 0 aromatic heterocycles. The van der Waals surface area contributed by atoms with Crippen molar-refractivity contribution >= 4 is 0 Å². The Morgan fingerprint density at radius 1 is 0.607 bits per heavy atom. The maximum Gasteiger partial charge on any atom is 0.0793 e. The van der Waals surface area contributed by atoms with Gasteiger partial charge in [-0.25, -0.2) is 0 Å². The van der Waals surface area contributed by atoms with Crippen LogP contribution in [0.3, 0.4) is 0 Å². The van der Waals surface area contributed by atoms with E-state index < -0.39 is 0 Å². The normalized spacial score (nSPS) is 31.7. The summed E-state index contributed by atoms with van der Waals surface area (Å²) in [5.74, 6) is 1.54. The second-order valence-corrected chi connectivity index (χ2v) is 9.92. The third-order valence-electron chi connectivity index (χ3n) is 6.82. The SMILES string of the molecule is C[C@@H]1CCCN(C[C@H](O)CN2CCN(C[C@H](O)CN3CCC[C@@H](C)C3)CC2)C1. The molecular formula is C22H44N4O2. The smallest absolute Gasteiger partial charge is 0.0793 e. The number of nitrogens with zero attached hydrogens (tertiary/aromatic N) is 4. The fourth-order valence-corrected chi connectivity index (χ4v) is 5.37. The molecule has 0 saturated carbocycles. The average Bonchev–Trinajstić information content (AvgIpc) is 2.63. The summed E-state index contributed by atoms with van der Waals surface area (Å²) in [6, 6.07) is 0. The molecule has 0 aromatic carbocycles. The summed E-state index contributed by atoms with van der Waals surface area (Å²) in [7, 11) is 0. The summed E-state index contributed by atoms with van der Waals surface area (Å²) in [5.41, 5.74) is 0. The Kier molecular flexibility index (Phi) is 9.00. The van der Waals surface area contributed by atoms with Crippen LogP contribution in [0.4, 0.5) is 0 Å². The molecule has 3 aliphatic rings. The quantitative estimate of drug-likeness (QED) is 0.633. The molecule has 0 bridgehead atoms. The molecule has 0 amide bonds. The van der Waals surface area contributed by atoms with Gasteiger partial charge in [-0.15, -0.1) is 0 Å². The number of hydrogen-bond acceptors (Lipinski definition) is 6. The van der Waals surface area contributed by atoms with Crippen molar-refractivity contribution in [2.24, 2.45) is 11.8 Å². The highest BCUT2D eigenvalue weighted by atomic mass is 16.3. The highest BCUT2D eigenvalue weighted by Crippen LogP contribution is 2.17. The van der Waals surface area contributed by atoms with Gasteiger partial charge in [-0.2, -0.15) is 0 Å². The Morgan fingerprint density at radius 2 is 0.964 bits per heavy atom. The highest BCUT2D eigenvalue weighted by molar-refractivity contribution is 4.80. The lowest BCUT2D eigenvalue weighted by atomic mass is 10.00. The monoisotopic (exact) mass is 396 g/mol. The maximum atomic E-state index is 10.5. The van der Waals surface area contributed by atoms with E-state index in [0.717, 1.165) is 90.4 Å². The average molecular weight is 397 g/mol. The summed E-state index contributed by atoms with van der Waals surface area (Å²) in [5, 5.41) is 21.0. The fourth-order valence-electron chi connectivity index (χ4n) is 5.37. The summed E-state index contributed by atoms with van der Waals surface area (Å²) in [6.45, 7) is 16.4. The van der Waals surface area contributed by atoms with Crippen LogP contribution in [0.25, 0.3) is 0 Å². The minimum Gasteiger partial charge on any atom is -0.390 e. The molecule has 164 valence electrons. The van der Waals surface area contributed by atoms with E-state index in [1.54, 1.807) is 0 Å². The highest BCUT2D eigenvalue weighted by Gasteiger charge is 2.25. The van der Waals surface area contributed by atoms with Crippen molar-refractivity contribution in [1.29, 1.82) is 0 Å². The molecule has 3 saturated heterocycles. The molecule has 6 heteroatoms. The zero-order valence-corrected chi connectivity index (χ0v) is 18.3. The minimum atomic E-state index is -0.247. The molecular weight excluding hydrogens is 352 g/mol. The van der Waals surface area contributed by atoms with E-state index in [0.29, 0.717) is 0 Å². The van der Waals surface area contributed by atoms with Gasteiger partial charge in [-0.05, 0) is 50.6 Å². The van der Waals surface area contributed by atoms with E-state index >= 15 is 0 Å². The van der Waals surface area contributed by atoms with Crippen LogP contribution in [0.15, 0.2) is 0 Å². The molecule has 0 spiro atoms. The van der Waals surface area contributed by atoms with Gasteiger partial charge in [0.1, 0.15) is 0 Å². The number of rotatable bonds is 8. The molecule has 6 nitrogen and oxygen atoms in total. The van der Waals surface area contributed by atoms with Crippen LogP contribution < -0.4 is 0 Å². The van der Waals surface area contributed by atoms with Gasteiger partial charge in [0, 0.05) is 65.4 Å². The Labute approximate surface area is 172 Å². The van der Waals surface area contributed by atoms with Gasteiger partial charge in [-0.1, -0.05) is 13.8 Å². The number of aliphatic hydroxyl groups excluding tert-OH is 2. The van der Waals surface area contributed by atoms with Gasteiger partial charge in [0.25, 0.3) is 0 Å². The first-order valence-electron chi connectivity index (χ1n) is 11.7. The molecule has 28 heavy (non-hydrogen) atoms. The molecule has 0 aromatic rings. The first kappa shape index (κ1) is 22.4. The van der Waals surface area contributed by atoms with Crippen molar-refractivity contribution in [2.45, 2.75) is 51.7 Å². The lowest BCUT2D eigenvalue weighted by molar-refractivity contribution is 0.0210. The Morgan fingerprint density at radius 3 is 1.32 bits per heavy atom. The molecule has 2 N–H and O–H groups in total. The third kappa shape index (κ3) is 7.54. The molecule has 3 heterocycles. The van der Waals surface area contributed by atoms with E-state index in [1.165, 1.54) is 25.7 Å². The van der Waals surface area contributed by atoms with Crippen molar-refractivity contribution < 1.29 is 10.2 Å². The summed E-state index contributed by atoms with van der Waals surface area (Å²) in [6.07, 6.45) is 4.71. The summed E-state index contributed by atoms with van der Waals surface area (Å²) in [4.78, 5) is 9.67. The molecule has 3 fully saturated rings. The number of likely N-dealkylation sites (tertiary alicyclic amines) is 2. The zero-order valence-electron chi connectivity index (χ0n) is 18.3. The molecule has 0 aliphatic carbocycles. The maximum absolute atomic E-state index is 10.5. The standard InChI is InChI=1S/C22H44N4O2/c1-19-5-3-7-25(13-19)17-21(27)15-23-9-11-24(12-10-23)16-22(28)18-26-8-4-6-20(2)14-26/h19-22,27-28H,3-18H2,1-2H3/t19-,20-,21-,22+/m1/s1. The van der Waals surface area contributed by atoms with Crippen molar-refractivity contribution in [3.63, 3.8) is 0 Å². The van der Waals surface area contributed by atoms with Crippen LogP contribution >= 0.6 is 0 Å². The molecule has 4 atom stereocenters. The third-order valence-corrected chi connectivity index (χ3v) is 6.82. The number of aliphatic hydroxyl groups is 2. The van der Waals surface area contributed by atoms with Crippen LogP contribution in [0.5, 0.6) is 0 Å². The van der Waals surface area contributed by atoms with E-state index in [2.05, 4.69) is 33.4 Å². The van der Waals surface area contributed by atoms with Gasteiger partial charge >= 0.3 is 0 Å². The predicted molar refractivity (Wildman–Crippen MR) is 115 cm³/mol. The topological polar surface area (TPSA) is 53.4 Å². The van der Waals surface area contributed by atoms with E-state index in [4.69, 9.17) is 0 Å². The van der Waals surface area contributed by atoms with Crippen LogP contribution in [0.1, 0.15) is 39.5 Å². The second kappa shape index (κ2) is 11.2. The van der Waals surface area contributed by atoms with E-state index in [9.17, 15) is 10.2 Å². The Bertz CT molecular complexity index is 404. The van der Waals surface area contributed by atoms with Crippen LogP contribution in [-0.4, -0.2) is 121 Å². The van der Waals surface area contributed by atoms with Gasteiger partial charge in [0.15, 0.2) is 0 Å². The summed E-state index contributed by atoms with van der Waals surface area (Å²) < 4.78 is 0. The number of piperidine rings is 2. The van der Waals surface area contributed by atoms with E-state index in [-0.39, 0.29) is 12.2 Å². The van der Waals surface area contributed by atoms with Crippen molar-refractivity contribution in [2.75, 3.05) is 78.5 Å². The number of hydrogen-bond donors (Lipinski definition) is 2. The van der Waals surface area contributed by atoms with Crippen molar-refractivity contribution in [3.05, 3.63) is 0 Å². The first-order chi connectivity index (χ1) is 13.5. The van der Waals surface area contributed by atoms with Gasteiger partial charge in [-0.3, -0.25) is 9.80 Å². The van der Waals surface area contributed by atoms with Crippen molar-refractivity contribution in [3.8, 4) is 0 Å². The largest absolute Gasteiger partial charge is 0.390 e. The van der Waals surface area contributed by atoms with Crippen LogP contribution in [0, 0.1) is 11.8 Å². The number of β-amino-alcohol motifs (C(OH)–C–C–N with tert-alkyl or cyclic N) is 2. The Balaban J connectivity index is 1.29. The first-order valence-corrected chi connectivity index (χ1v) is 11.7. The summed E-state index contributed by atoms with van der Waals surface area (Å²) >= 11 is 0. The van der Waals surface area contributed by atoms with Gasteiger partial charge in [0.05, 0.1) is 12.2 Å². The van der Waals surface area contributed by atoms with Gasteiger partial charge in [0.2, 0.25) is 0 Å². The van der Waals surface area contributed by atoms with E-state index in [1.807, 2.05) is 0 Å². The predicted octanol–water partition coefficient (Wildman–Crippen LogP) is 0.790. The minimum absolute atomic E-state index is 0.247. The molecule has 3 aliphatic heterocycles.